The zero-order valence-electron chi connectivity index (χ0n) is 19.4. The molecule has 7 rings (SSSR count). The number of aromatic nitrogens is 7. The second-order valence-corrected chi connectivity index (χ2v) is 9.04. The molecule has 180 valence electrons. The van der Waals surface area contributed by atoms with Gasteiger partial charge in [-0.1, -0.05) is 18.2 Å². The first kappa shape index (κ1) is 21.3. The molecular weight excluding hydrogens is 471 g/mol. The number of hydrogen-bond acceptors (Lipinski definition) is 6. The molecule has 0 spiro atoms. The fourth-order valence-corrected chi connectivity index (χ4v) is 4.43. The molecule has 1 amide bonds. The SMILES string of the molecule is O=C(Nc1cncc(-c2cnc3n[nH]c(-c4nc5nccc(-c6ccccc6F)c5[nH]4)c3c2)c1)C1CC1. The first-order chi connectivity index (χ1) is 18.1. The monoisotopic (exact) mass is 490 g/mol. The Labute approximate surface area is 209 Å². The highest BCUT2D eigenvalue weighted by Crippen LogP contribution is 2.33. The molecule has 37 heavy (non-hydrogen) atoms. The van der Waals surface area contributed by atoms with E-state index in [-0.39, 0.29) is 17.6 Å². The number of carbonyl (C=O) groups is 1. The van der Waals surface area contributed by atoms with Crippen molar-refractivity contribution in [3.05, 3.63) is 73.1 Å². The summed E-state index contributed by atoms with van der Waals surface area (Å²) in [6.07, 6.45) is 8.55. The molecule has 0 radical (unpaired) electrons. The number of pyridine rings is 3. The molecule has 1 fully saturated rings. The summed E-state index contributed by atoms with van der Waals surface area (Å²) in [7, 11) is 0. The van der Waals surface area contributed by atoms with Crippen LogP contribution in [0.2, 0.25) is 0 Å². The molecule has 5 heterocycles. The molecular formula is C27H19FN8O. The van der Waals surface area contributed by atoms with Gasteiger partial charge in [-0.15, -0.1) is 0 Å². The number of aromatic amines is 2. The summed E-state index contributed by atoms with van der Waals surface area (Å²) < 4.78 is 14.5. The van der Waals surface area contributed by atoms with Gasteiger partial charge in [-0.05, 0) is 37.1 Å². The number of nitrogens with zero attached hydrogens (tertiary/aromatic N) is 5. The third kappa shape index (κ3) is 3.79. The number of carbonyl (C=O) groups excluding carboxylic acids is 1. The van der Waals surface area contributed by atoms with Gasteiger partial charge in [0.15, 0.2) is 17.1 Å². The van der Waals surface area contributed by atoms with Gasteiger partial charge in [0, 0.05) is 46.8 Å². The highest BCUT2D eigenvalue weighted by atomic mass is 19.1. The van der Waals surface area contributed by atoms with E-state index in [2.05, 4.69) is 40.4 Å². The van der Waals surface area contributed by atoms with Crippen molar-refractivity contribution < 1.29 is 9.18 Å². The van der Waals surface area contributed by atoms with Gasteiger partial charge in [-0.2, -0.15) is 5.10 Å². The van der Waals surface area contributed by atoms with Crippen LogP contribution in [0.4, 0.5) is 10.1 Å². The van der Waals surface area contributed by atoms with Gasteiger partial charge < -0.3 is 10.3 Å². The molecule has 0 saturated heterocycles. The largest absolute Gasteiger partial charge is 0.335 e. The second-order valence-electron chi connectivity index (χ2n) is 9.04. The number of hydrogen-bond donors (Lipinski definition) is 3. The summed E-state index contributed by atoms with van der Waals surface area (Å²) in [6, 6.07) is 12.2. The molecule has 6 aromatic rings. The molecule has 0 unspecified atom stereocenters. The van der Waals surface area contributed by atoms with Gasteiger partial charge in [0.25, 0.3) is 0 Å². The average Bonchev–Trinajstić information content (AvgIpc) is 3.55. The lowest BCUT2D eigenvalue weighted by atomic mass is 10.1. The zero-order chi connectivity index (χ0) is 24.9. The Kier molecular flexibility index (Phi) is 4.78. The minimum absolute atomic E-state index is 0.0258. The molecule has 1 aliphatic carbocycles. The number of nitrogens with one attached hydrogen (secondary N) is 3. The Morgan fingerprint density at radius 1 is 0.973 bits per heavy atom. The minimum atomic E-state index is -0.323. The fraction of sp³-hybridized carbons (Fsp3) is 0.111. The predicted octanol–water partition coefficient (Wildman–Crippen LogP) is 5.11. The maximum atomic E-state index is 14.5. The number of fused-ring (bicyclic) bond motifs is 2. The lowest BCUT2D eigenvalue weighted by Crippen LogP contribution is -2.13. The van der Waals surface area contributed by atoms with Crippen LogP contribution in [-0.4, -0.2) is 41.0 Å². The average molecular weight is 491 g/mol. The van der Waals surface area contributed by atoms with Gasteiger partial charge in [0.2, 0.25) is 5.91 Å². The van der Waals surface area contributed by atoms with Crippen molar-refractivity contribution >= 4 is 33.8 Å². The number of halogens is 1. The van der Waals surface area contributed by atoms with E-state index in [4.69, 9.17) is 0 Å². The van der Waals surface area contributed by atoms with Crippen LogP contribution in [0.1, 0.15) is 12.8 Å². The van der Waals surface area contributed by atoms with E-state index in [0.717, 1.165) is 29.4 Å². The first-order valence-electron chi connectivity index (χ1n) is 11.8. The molecule has 0 atom stereocenters. The summed E-state index contributed by atoms with van der Waals surface area (Å²) in [5.41, 5.74) is 5.63. The van der Waals surface area contributed by atoms with Gasteiger partial charge in [0.05, 0.1) is 22.8 Å². The second kappa shape index (κ2) is 8.30. The highest BCUT2D eigenvalue weighted by Gasteiger charge is 2.29. The number of rotatable bonds is 5. The van der Waals surface area contributed by atoms with E-state index in [1.807, 2.05) is 12.1 Å². The van der Waals surface area contributed by atoms with E-state index in [0.29, 0.717) is 45.1 Å². The van der Waals surface area contributed by atoms with Crippen LogP contribution >= 0.6 is 0 Å². The van der Waals surface area contributed by atoms with Crippen LogP contribution in [0.15, 0.2) is 67.3 Å². The number of H-pyrrole nitrogens is 2. The molecule has 5 aromatic heterocycles. The summed E-state index contributed by atoms with van der Waals surface area (Å²) >= 11 is 0. The molecule has 0 aliphatic heterocycles. The van der Waals surface area contributed by atoms with Crippen molar-refractivity contribution in [2.75, 3.05) is 5.32 Å². The summed E-state index contributed by atoms with van der Waals surface area (Å²) in [5, 5.41) is 11.0. The van der Waals surface area contributed by atoms with E-state index >= 15 is 0 Å². The lowest BCUT2D eigenvalue weighted by molar-refractivity contribution is -0.117. The maximum Gasteiger partial charge on any atom is 0.227 e. The zero-order valence-corrected chi connectivity index (χ0v) is 19.4. The molecule has 1 saturated carbocycles. The Hall–Kier alpha value is -4.99. The molecule has 9 nitrogen and oxygen atoms in total. The Bertz CT molecular complexity index is 1820. The predicted molar refractivity (Wildman–Crippen MR) is 137 cm³/mol. The highest BCUT2D eigenvalue weighted by molar-refractivity contribution is 5.97. The van der Waals surface area contributed by atoms with Crippen molar-refractivity contribution in [3.8, 4) is 33.8 Å². The molecule has 3 N–H and O–H groups in total. The fourth-order valence-electron chi connectivity index (χ4n) is 4.43. The Morgan fingerprint density at radius 3 is 2.70 bits per heavy atom. The van der Waals surface area contributed by atoms with Gasteiger partial charge in [-0.25, -0.2) is 19.3 Å². The summed E-state index contributed by atoms with van der Waals surface area (Å²) in [5.74, 6) is 0.317. The van der Waals surface area contributed by atoms with Crippen LogP contribution in [0.5, 0.6) is 0 Å². The van der Waals surface area contributed by atoms with Gasteiger partial charge in [-0.3, -0.25) is 14.9 Å². The van der Waals surface area contributed by atoms with E-state index in [9.17, 15) is 9.18 Å². The van der Waals surface area contributed by atoms with Crippen LogP contribution in [0.25, 0.3) is 56.0 Å². The number of amides is 1. The first-order valence-corrected chi connectivity index (χ1v) is 11.8. The normalized spacial score (nSPS) is 13.3. The van der Waals surface area contributed by atoms with Crippen molar-refractivity contribution in [3.63, 3.8) is 0 Å². The molecule has 10 heteroatoms. The van der Waals surface area contributed by atoms with E-state index < -0.39 is 0 Å². The third-order valence-electron chi connectivity index (χ3n) is 6.49. The smallest absolute Gasteiger partial charge is 0.227 e. The van der Waals surface area contributed by atoms with Crippen LogP contribution < -0.4 is 5.32 Å². The molecule has 1 aliphatic rings. The van der Waals surface area contributed by atoms with Crippen molar-refractivity contribution in [2.45, 2.75) is 12.8 Å². The van der Waals surface area contributed by atoms with Crippen LogP contribution in [0.3, 0.4) is 0 Å². The van der Waals surface area contributed by atoms with Crippen LogP contribution in [-0.2, 0) is 4.79 Å². The van der Waals surface area contributed by atoms with E-state index in [1.165, 1.54) is 6.07 Å². The standard InChI is InChI=1S/C27H19FN8O/c28-21-4-2-1-3-18(21)19-7-8-30-25-22(19)33-26(34-25)23-20-10-16(12-31-24(20)36-35-23)15-9-17(13-29-11-15)32-27(37)14-5-6-14/h1-4,7-14H,5-6H2,(H,32,37)(H,30,33,34)(H,31,35,36). The number of benzene rings is 1. The van der Waals surface area contributed by atoms with Crippen LogP contribution in [0, 0.1) is 11.7 Å². The van der Waals surface area contributed by atoms with Crippen molar-refractivity contribution in [1.29, 1.82) is 0 Å². The summed E-state index contributed by atoms with van der Waals surface area (Å²) in [6.45, 7) is 0. The van der Waals surface area contributed by atoms with Gasteiger partial charge >= 0.3 is 0 Å². The van der Waals surface area contributed by atoms with Gasteiger partial charge in [0.1, 0.15) is 11.5 Å². The third-order valence-corrected chi connectivity index (χ3v) is 6.49. The maximum absolute atomic E-state index is 14.5. The molecule has 1 aromatic carbocycles. The lowest BCUT2D eigenvalue weighted by Gasteiger charge is -2.06. The van der Waals surface area contributed by atoms with E-state index in [1.54, 1.807) is 49.1 Å². The molecule has 0 bridgehead atoms. The number of anilines is 1. The summed E-state index contributed by atoms with van der Waals surface area (Å²) in [4.78, 5) is 33.3. The topological polar surface area (TPSA) is 125 Å². The Balaban J connectivity index is 1.29. The Morgan fingerprint density at radius 2 is 1.84 bits per heavy atom. The quantitative estimate of drug-likeness (QED) is 0.308. The van der Waals surface area contributed by atoms with Crippen molar-refractivity contribution in [1.82, 2.24) is 35.1 Å². The number of imidazole rings is 1. The van der Waals surface area contributed by atoms with Crippen molar-refractivity contribution in [2.24, 2.45) is 5.92 Å². The minimum Gasteiger partial charge on any atom is -0.335 e.